The minimum absolute atomic E-state index is 0.0135. The van der Waals surface area contributed by atoms with E-state index in [9.17, 15) is 29.5 Å². The lowest BCUT2D eigenvalue weighted by atomic mass is 9.62. The van der Waals surface area contributed by atoms with Gasteiger partial charge in [-0.2, -0.15) is 10.2 Å². The number of phenols is 1. The highest BCUT2D eigenvalue weighted by atomic mass is 35.5. The number of carbonyl (C=O) groups is 4. The zero-order chi connectivity index (χ0) is 62.2. The van der Waals surface area contributed by atoms with Gasteiger partial charge in [0.15, 0.2) is 11.6 Å². The largest absolute Gasteiger partial charge is 0.507 e. The molecule has 86 heavy (non-hydrogen) atoms. The molecule has 6 aromatic rings. The van der Waals surface area contributed by atoms with Crippen LogP contribution in [0.2, 0.25) is 15.1 Å². The fraction of sp³-hybridized carbons (Fsp3) is 0.393. The molecule has 0 aliphatic carbocycles. The lowest BCUT2D eigenvalue weighted by Gasteiger charge is -2.37. The van der Waals surface area contributed by atoms with Gasteiger partial charge in [-0.15, -0.1) is 0 Å². The number of Topliss-reactive ketones (excluding diaryl/α,β-unsaturated/α-hetero) is 1. The second kappa shape index (κ2) is 27.9. The van der Waals surface area contributed by atoms with Gasteiger partial charge < -0.3 is 55.7 Å². The number of hydrogen-bond acceptors (Lipinski definition) is 14. The second-order valence-corrected chi connectivity index (χ2v) is 23.3. The number of anilines is 2. The number of likely N-dealkylation sites (N-methyl/N-ethyl adjacent to an activating group) is 1. The van der Waals surface area contributed by atoms with Crippen LogP contribution in [0.4, 0.5) is 34.1 Å². The third-order valence-corrected chi connectivity index (χ3v) is 16.1. The molecule has 2 fully saturated rings. The van der Waals surface area contributed by atoms with E-state index in [4.69, 9.17) is 54.7 Å². The first-order valence-corrected chi connectivity index (χ1v) is 28.8. The molecule has 0 bridgehead atoms. The SMILES string of the molecule is COc1cc(C(=O)NCCOCCOCCN(C)C(=O)CCNc2nc(N3CCN(C(N)=O)CC3)c3cc(Cl)c(-c4c(O)cccc4F)c(F)c3n2)ccc1CC(=O)[C@@H]1N[C@@H](CC(C)(C)C)[C@](C#N)(c2ccc(Cl)cc2F)[C@H]1c1cccc(Cl)c1F. The van der Waals surface area contributed by atoms with Crippen LogP contribution in [-0.2, 0) is 30.9 Å². The number of phenolic OH excluding ortho intramolecular Hbond substituents is 1. The number of aromatic hydroxyl groups is 1. The van der Waals surface area contributed by atoms with E-state index in [0.29, 0.717) is 12.0 Å². The predicted molar refractivity (Wildman–Crippen MR) is 319 cm³/mol. The number of ether oxygens (including phenoxy) is 3. The van der Waals surface area contributed by atoms with Crippen molar-refractivity contribution in [3.05, 3.63) is 139 Å². The van der Waals surface area contributed by atoms with Gasteiger partial charge in [-0.1, -0.05) is 85.9 Å². The number of nitrogens with one attached hydrogen (secondary N) is 3. The predicted octanol–water partition coefficient (Wildman–Crippen LogP) is 9.59. The summed E-state index contributed by atoms with van der Waals surface area (Å²) in [6.07, 6.45) is 0.0153. The van der Waals surface area contributed by atoms with E-state index >= 15 is 17.6 Å². The van der Waals surface area contributed by atoms with Gasteiger partial charge in [0.25, 0.3) is 5.91 Å². The molecule has 1 aromatic heterocycles. The number of carbonyl (C=O) groups excluding carboxylic acids is 4. The number of amides is 4. The van der Waals surface area contributed by atoms with Gasteiger partial charge in [-0.25, -0.2) is 27.3 Å². The van der Waals surface area contributed by atoms with Crippen LogP contribution < -0.4 is 31.3 Å². The molecule has 25 heteroatoms. The molecular weight excluding hydrogens is 1180 g/mol. The molecule has 0 radical (unpaired) electrons. The summed E-state index contributed by atoms with van der Waals surface area (Å²) < 4.78 is 80.9. The average molecular weight is 1250 g/mol. The molecule has 0 spiro atoms. The molecule has 4 atom stereocenters. The number of halogens is 7. The van der Waals surface area contributed by atoms with Crippen molar-refractivity contribution in [3.8, 4) is 28.7 Å². The Morgan fingerprint density at radius 1 is 0.872 bits per heavy atom. The van der Waals surface area contributed by atoms with E-state index < -0.39 is 86.7 Å². The molecule has 18 nitrogen and oxygen atoms in total. The standard InChI is InChI=1S/C61H65Cl3F4N10O8/c1-60(2,3)32-47-61(33-69,39-15-14-36(62)30-43(39)66)51(37-8-6-9-40(63)52(37)67)55(73-47)45(80)28-34-12-13-35(29-46(34)84-5)57(82)71-18-24-85-26-27-86-25-23-76(4)48(81)16-17-72-59-74-54-38(56(75-59)77-19-21-78(22-20-77)58(70)83)31-41(64)49(53(54)68)50-42(65)10-7-11-44(50)79/h6-15,29-31,47,51,55,73,79H,16-28,32H2,1-5H3,(H2,70,83)(H,71,82)(H,72,74,75)/t47-,51-,55-,61-/m0/s1. The summed E-state index contributed by atoms with van der Waals surface area (Å²) in [5, 5.41) is 30.7. The number of nitrogens with two attached hydrogens (primary N) is 1. The summed E-state index contributed by atoms with van der Waals surface area (Å²) >= 11 is 19.0. The Hall–Kier alpha value is -7.52. The van der Waals surface area contributed by atoms with Crippen molar-refractivity contribution in [2.24, 2.45) is 11.1 Å². The number of aromatic nitrogens is 2. The Morgan fingerprint density at radius 2 is 1.59 bits per heavy atom. The summed E-state index contributed by atoms with van der Waals surface area (Å²) in [6, 6.07) is 17.5. The highest BCUT2D eigenvalue weighted by Gasteiger charge is 2.61. The number of primary amides is 1. The number of methoxy groups -OCH3 is 1. The van der Waals surface area contributed by atoms with Crippen LogP contribution in [0.5, 0.6) is 11.5 Å². The monoisotopic (exact) mass is 1250 g/mol. The molecule has 0 saturated carbocycles. The highest BCUT2D eigenvalue weighted by Crippen LogP contribution is 2.53. The zero-order valence-corrected chi connectivity index (χ0v) is 50.1. The summed E-state index contributed by atoms with van der Waals surface area (Å²) in [6.45, 7) is 8.04. The first-order chi connectivity index (χ1) is 41.0. The number of fused-ring (bicyclic) bond motifs is 1. The van der Waals surface area contributed by atoms with Crippen molar-refractivity contribution in [1.29, 1.82) is 5.26 Å². The molecule has 4 amide bonds. The van der Waals surface area contributed by atoms with Gasteiger partial charge in [-0.05, 0) is 65.9 Å². The number of urea groups is 1. The van der Waals surface area contributed by atoms with Crippen molar-refractivity contribution >= 4 is 81.1 Å². The number of rotatable bonds is 23. The lowest BCUT2D eigenvalue weighted by Crippen LogP contribution is -2.50. The molecule has 0 unspecified atom stereocenters. The van der Waals surface area contributed by atoms with Crippen molar-refractivity contribution in [2.75, 3.05) is 96.6 Å². The maximum Gasteiger partial charge on any atom is 0.314 e. The van der Waals surface area contributed by atoms with Gasteiger partial charge in [0.1, 0.15) is 45.7 Å². The van der Waals surface area contributed by atoms with E-state index in [2.05, 4.69) is 32.0 Å². The van der Waals surface area contributed by atoms with Crippen LogP contribution in [0.1, 0.15) is 66.6 Å². The fourth-order valence-electron chi connectivity index (χ4n) is 11.0. The van der Waals surface area contributed by atoms with Crippen LogP contribution in [0, 0.1) is 40.0 Å². The summed E-state index contributed by atoms with van der Waals surface area (Å²) in [5.74, 6) is -5.99. The quantitative estimate of drug-likeness (QED) is 0.0297. The number of hydrogen-bond donors (Lipinski definition) is 5. The van der Waals surface area contributed by atoms with Gasteiger partial charge in [-0.3, -0.25) is 14.4 Å². The minimum atomic E-state index is -1.81. The Morgan fingerprint density at radius 3 is 2.27 bits per heavy atom. The van der Waals surface area contributed by atoms with Crippen LogP contribution in [0.3, 0.4) is 0 Å². The molecule has 3 heterocycles. The molecule has 5 aromatic carbocycles. The second-order valence-electron chi connectivity index (χ2n) is 22.1. The van der Waals surface area contributed by atoms with E-state index in [-0.39, 0.29) is 151 Å². The van der Waals surface area contributed by atoms with Crippen LogP contribution >= 0.6 is 34.8 Å². The molecule has 456 valence electrons. The maximum atomic E-state index is 16.5. The smallest absolute Gasteiger partial charge is 0.314 e. The summed E-state index contributed by atoms with van der Waals surface area (Å²) in [7, 11) is 3.00. The van der Waals surface area contributed by atoms with Crippen molar-refractivity contribution < 1.29 is 56.1 Å². The van der Waals surface area contributed by atoms with Gasteiger partial charge in [0.05, 0.1) is 61.3 Å². The molecule has 2 saturated heterocycles. The number of nitrogens with zero attached hydrogens (tertiary/aromatic N) is 6. The topological polar surface area (TPSA) is 238 Å². The summed E-state index contributed by atoms with van der Waals surface area (Å²) in [5.41, 5.74) is 2.74. The van der Waals surface area contributed by atoms with Gasteiger partial charge in [0, 0.05) is 110 Å². The molecule has 2 aliphatic rings. The molecule has 8 rings (SSSR count). The van der Waals surface area contributed by atoms with E-state index in [0.717, 1.165) is 12.1 Å². The third-order valence-electron chi connectivity index (χ3n) is 15.2. The molecule has 2 aliphatic heterocycles. The number of nitriles is 1. The number of benzene rings is 5. The Kier molecular flexibility index (Phi) is 20.9. The van der Waals surface area contributed by atoms with E-state index in [1.165, 1.54) is 77.6 Å². The van der Waals surface area contributed by atoms with E-state index in [1.807, 2.05) is 25.7 Å². The van der Waals surface area contributed by atoms with Crippen LogP contribution in [-0.4, -0.2) is 147 Å². The van der Waals surface area contributed by atoms with Crippen LogP contribution in [0.25, 0.3) is 22.0 Å². The first-order valence-electron chi connectivity index (χ1n) is 27.6. The van der Waals surface area contributed by atoms with Gasteiger partial charge in [0.2, 0.25) is 11.9 Å². The van der Waals surface area contributed by atoms with Crippen molar-refractivity contribution in [3.63, 3.8) is 0 Å². The average Bonchev–Trinajstić information content (AvgIpc) is 1.50. The first kappa shape index (κ1) is 64.5. The zero-order valence-electron chi connectivity index (χ0n) is 47.8. The van der Waals surface area contributed by atoms with Gasteiger partial charge >= 0.3 is 6.03 Å². The Labute approximate surface area is 509 Å². The summed E-state index contributed by atoms with van der Waals surface area (Å²) in [4.78, 5) is 66.7. The molecule has 6 N–H and O–H groups in total. The highest BCUT2D eigenvalue weighted by molar-refractivity contribution is 6.34. The third kappa shape index (κ3) is 14.3. The normalized spacial score (nSPS) is 17.8. The van der Waals surface area contributed by atoms with E-state index in [1.54, 1.807) is 13.1 Å². The Balaban J connectivity index is 0.809. The minimum Gasteiger partial charge on any atom is -0.507 e. The lowest BCUT2D eigenvalue weighted by molar-refractivity contribution is -0.130. The van der Waals surface area contributed by atoms with Crippen LogP contribution in [0.15, 0.2) is 78.9 Å². The molecular formula is C61H65Cl3F4N10O8. The number of piperazine rings is 1. The fourth-order valence-corrected chi connectivity index (χ4v) is 11.7. The van der Waals surface area contributed by atoms with Crippen molar-refractivity contribution in [1.82, 2.24) is 30.4 Å². The van der Waals surface area contributed by atoms with Crippen molar-refractivity contribution in [2.45, 2.75) is 63.5 Å². The number of ketones is 1. The Bertz CT molecular complexity index is 3550. The maximum absolute atomic E-state index is 16.5.